The standard InChI is InChI=1S/C17H22N4O.ClH/c1-11-6-3-4-8-14(11)21-15-9-5-7-13(15)16(20-21)17(22)19-12(2)10-18;/h3-4,6,8,12H,5,7,9-10,18H2,1-2H3,(H,19,22);1H/t12-;/m0./s1. The van der Waals surface area contributed by atoms with E-state index in [2.05, 4.69) is 23.4 Å². The number of rotatable bonds is 4. The van der Waals surface area contributed by atoms with Crippen LogP contribution in [-0.4, -0.2) is 28.3 Å². The number of carbonyl (C=O) groups excluding carboxylic acids is 1. The third kappa shape index (κ3) is 3.26. The predicted molar refractivity (Wildman–Crippen MR) is 93.6 cm³/mol. The molecule has 0 aliphatic heterocycles. The van der Waals surface area contributed by atoms with Gasteiger partial charge >= 0.3 is 0 Å². The fourth-order valence-electron chi connectivity index (χ4n) is 2.97. The fraction of sp³-hybridized carbons (Fsp3) is 0.412. The van der Waals surface area contributed by atoms with Crippen molar-refractivity contribution in [2.75, 3.05) is 6.54 Å². The van der Waals surface area contributed by atoms with Crippen molar-refractivity contribution >= 4 is 18.3 Å². The molecule has 0 unspecified atom stereocenters. The van der Waals surface area contributed by atoms with Gasteiger partial charge in [0, 0.05) is 23.8 Å². The summed E-state index contributed by atoms with van der Waals surface area (Å²) in [4.78, 5) is 12.5. The van der Waals surface area contributed by atoms with Crippen LogP contribution in [0.2, 0.25) is 0 Å². The van der Waals surface area contributed by atoms with E-state index in [9.17, 15) is 4.79 Å². The van der Waals surface area contributed by atoms with E-state index >= 15 is 0 Å². The highest BCUT2D eigenvalue weighted by atomic mass is 35.5. The third-order valence-corrected chi connectivity index (χ3v) is 4.22. The largest absolute Gasteiger partial charge is 0.347 e. The van der Waals surface area contributed by atoms with Gasteiger partial charge in [-0.25, -0.2) is 4.68 Å². The van der Waals surface area contributed by atoms with Gasteiger partial charge in [-0.3, -0.25) is 4.79 Å². The van der Waals surface area contributed by atoms with E-state index < -0.39 is 0 Å². The smallest absolute Gasteiger partial charge is 0.272 e. The Kier molecular flexibility index (Phi) is 5.44. The molecular weight excluding hydrogens is 312 g/mol. The zero-order chi connectivity index (χ0) is 15.7. The molecule has 1 aliphatic rings. The molecule has 124 valence electrons. The van der Waals surface area contributed by atoms with Crippen LogP contribution in [0.5, 0.6) is 0 Å². The molecule has 5 nitrogen and oxygen atoms in total. The van der Waals surface area contributed by atoms with Crippen molar-refractivity contribution in [2.24, 2.45) is 5.73 Å². The van der Waals surface area contributed by atoms with E-state index in [1.807, 2.05) is 29.8 Å². The summed E-state index contributed by atoms with van der Waals surface area (Å²) < 4.78 is 1.94. The van der Waals surface area contributed by atoms with E-state index in [0.717, 1.165) is 36.1 Å². The normalized spacial score (nSPS) is 14.0. The molecule has 0 radical (unpaired) electrons. The molecule has 1 atom stereocenters. The Balaban J connectivity index is 0.00000192. The lowest BCUT2D eigenvalue weighted by Crippen LogP contribution is -2.38. The SMILES string of the molecule is Cc1ccccc1-n1nc(C(=O)N[C@@H](C)CN)c2c1CCC2.Cl. The highest BCUT2D eigenvalue weighted by Gasteiger charge is 2.27. The molecule has 1 aliphatic carbocycles. The lowest BCUT2D eigenvalue weighted by atomic mass is 10.1. The van der Waals surface area contributed by atoms with E-state index in [4.69, 9.17) is 5.73 Å². The third-order valence-electron chi connectivity index (χ3n) is 4.22. The maximum atomic E-state index is 12.5. The van der Waals surface area contributed by atoms with Crippen LogP contribution in [0.25, 0.3) is 5.69 Å². The molecule has 0 fully saturated rings. The zero-order valence-electron chi connectivity index (χ0n) is 13.5. The number of aryl methyl sites for hydroxylation is 1. The highest BCUT2D eigenvalue weighted by Crippen LogP contribution is 2.28. The van der Waals surface area contributed by atoms with E-state index in [0.29, 0.717) is 12.2 Å². The van der Waals surface area contributed by atoms with Gasteiger partial charge in [-0.05, 0) is 44.7 Å². The average Bonchev–Trinajstić information content (AvgIpc) is 3.09. The topological polar surface area (TPSA) is 72.9 Å². The summed E-state index contributed by atoms with van der Waals surface area (Å²) in [5.74, 6) is -0.122. The van der Waals surface area contributed by atoms with Crippen LogP contribution in [-0.2, 0) is 12.8 Å². The van der Waals surface area contributed by atoms with Crippen LogP contribution in [0.15, 0.2) is 24.3 Å². The molecule has 1 amide bonds. The average molecular weight is 335 g/mol. The summed E-state index contributed by atoms with van der Waals surface area (Å²) in [6.45, 7) is 4.39. The summed E-state index contributed by atoms with van der Waals surface area (Å²) >= 11 is 0. The number of aromatic nitrogens is 2. The number of benzene rings is 1. The Bertz CT molecular complexity index is 711. The molecule has 1 aromatic carbocycles. The van der Waals surface area contributed by atoms with Gasteiger partial charge in [0.1, 0.15) is 0 Å². The van der Waals surface area contributed by atoms with E-state index in [1.54, 1.807) is 0 Å². The molecule has 0 saturated carbocycles. The van der Waals surface area contributed by atoms with Crippen LogP contribution in [0.1, 0.15) is 40.7 Å². The monoisotopic (exact) mass is 334 g/mol. The Morgan fingerprint density at radius 3 is 2.83 bits per heavy atom. The Hall–Kier alpha value is -1.85. The van der Waals surface area contributed by atoms with Crippen molar-refractivity contribution in [3.05, 3.63) is 46.8 Å². The number of halogens is 1. The van der Waals surface area contributed by atoms with Crippen molar-refractivity contribution in [2.45, 2.75) is 39.2 Å². The minimum atomic E-state index is -0.122. The second-order valence-corrected chi connectivity index (χ2v) is 5.94. The molecule has 1 aromatic heterocycles. The molecule has 23 heavy (non-hydrogen) atoms. The van der Waals surface area contributed by atoms with Gasteiger partial charge in [-0.15, -0.1) is 12.4 Å². The molecule has 0 bridgehead atoms. The molecule has 0 saturated heterocycles. The van der Waals surface area contributed by atoms with Crippen LogP contribution in [0.3, 0.4) is 0 Å². The van der Waals surface area contributed by atoms with Gasteiger partial charge in [0.05, 0.1) is 5.69 Å². The first-order valence-electron chi connectivity index (χ1n) is 7.79. The summed E-state index contributed by atoms with van der Waals surface area (Å²) in [5, 5.41) is 7.53. The van der Waals surface area contributed by atoms with Gasteiger partial charge in [0.25, 0.3) is 5.91 Å². The number of nitrogens with two attached hydrogens (primary N) is 1. The summed E-state index contributed by atoms with van der Waals surface area (Å²) in [7, 11) is 0. The minimum absolute atomic E-state index is 0. The van der Waals surface area contributed by atoms with Crippen LogP contribution in [0.4, 0.5) is 0 Å². The zero-order valence-corrected chi connectivity index (χ0v) is 14.3. The van der Waals surface area contributed by atoms with Crippen molar-refractivity contribution in [3.63, 3.8) is 0 Å². The second-order valence-electron chi connectivity index (χ2n) is 5.94. The number of para-hydroxylation sites is 1. The highest BCUT2D eigenvalue weighted by molar-refractivity contribution is 5.94. The molecule has 1 heterocycles. The van der Waals surface area contributed by atoms with Crippen LogP contribution in [0, 0.1) is 6.92 Å². The molecule has 3 N–H and O–H groups in total. The van der Waals surface area contributed by atoms with Crippen molar-refractivity contribution in [1.82, 2.24) is 15.1 Å². The quantitative estimate of drug-likeness (QED) is 0.900. The fourth-order valence-corrected chi connectivity index (χ4v) is 2.97. The Morgan fingerprint density at radius 1 is 1.39 bits per heavy atom. The maximum Gasteiger partial charge on any atom is 0.272 e. The second kappa shape index (κ2) is 7.15. The van der Waals surface area contributed by atoms with E-state index in [-0.39, 0.29) is 24.4 Å². The van der Waals surface area contributed by atoms with E-state index in [1.165, 1.54) is 5.69 Å². The maximum absolute atomic E-state index is 12.5. The first-order chi connectivity index (χ1) is 10.6. The first kappa shape index (κ1) is 17.5. The molecule has 3 rings (SSSR count). The number of carbonyl (C=O) groups is 1. The lowest BCUT2D eigenvalue weighted by Gasteiger charge is -2.10. The molecule has 0 spiro atoms. The summed E-state index contributed by atoms with van der Waals surface area (Å²) in [5.41, 5.74) is 10.6. The predicted octanol–water partition coefficient (Wildman–Crippen LogP) is 2.17. The van der Waals surface area contributed by atoms with Gasteiger partial charge < -0.3 is 11.1 Å². The Morgan fingerprint density at radius 2 is 2.13 bits per heavy atom. The number of hydrogen-bond donors (Lipinski definition) is 2. The van der Waals surface area contributed by atoms with Gasteiger partial charge in [-0.1, -0.05) is 18.2 Å². The molecule has 6 heteroatoms. The van der Waals surface area contributed by atoms with Gasteiger partial charge in [0.15, 0.2) is 5.69 Å². The number of amides is 1. The van der Waals surface area contributed by atoms with Gasteiger partial charge in [-0.2, -0.15) is 5.10 Å². The Labute approximate surface area is 142 Å². The number of hydrogen-bond acceptors (Lipinski definition) is 3. The van der Waals surface area contributed by atoms with Crippen LogP contribution >= 0.6 is 12.4 Å². The van der Waals surface area contributed by atoms with Crippen molar-refractivity contribution < 1.29 is 4.79 Å². The van der Waals surface area contributed by atoms with Crippen molar-refractivity contribution in [1.29, 1.82) is 0 Å². The van der Waals surface area contributed by atoms with Crippen molar-refractivity contribution in [3.8, 4) is 5.69 Å². The number of fused-ring (bicyclic) bond motifs is 1. The number of nitrogens with one attached hydrogen (secondary N) is 1. The minimum Gasteiger partial charge on any atom is -0.347 e. The summed E-state index contributed by atoms with van der Waals surface area (Å²) in [6.07, 6.45) is 2.96. The van der Waals surface area contributed by atoms with Gasteiger partial charge in [0.2, 0.25) is 0 Å². The lowest BCUT2D eigenvalue weighted by molar-refractivity contribution is 0.0935. The van der Waals surface area contributed by atoms with Crippen LogP contribution < -0.4 is 11.1 Å². The molecule has 2 aromatic rings. The number of nitrogens with zero attached hydrogens (tertiary/aromatic N) is 2. The summed E-state index contributed by atoms with van der Waals surface area (Å²) in [6, 6.07) is 8.08. The molecular formula is C17H23ClN4O. The first-order valence-corrected chi connectivity index (χ1v) is 7.79.